The summed E-state index contributed by atoms with van der Waals surface area (Å²) in [5.74, 6) is -0.123. The van der Waals surface area contributed by atoms with E-state index in [1.54, 1.807) is 12.1 Å². The van der Waals surface area contributed by atoms with Crippen molar-refractivity contribution in [3.05, 3.63) is 35.1 Å². The monoisotopic (exact) mass is 249 g/mol. The molecule has 1 aromatic rings. The molecule has 1 N–H and O–H groups in total. The molecule has 1 aliphatic carbocycles. The molecule has 1 aromatic carbocycles. The number of rotatable bonds is 4. The van der Waals surface area contributed by atoms with E-state index >= 15 is 0 Å². The smallest absolute Gasteiger partial charge is 0.123 e. The van der Waals surface area contributed by atoms with Gasteiger partial charge in [-0.25, -0.2) is 4.39 Å². The molecule has 1 unspecified atom stereocenters. The number of halogens is 1. The number of hydrogen-bond acceptors (Lipinski definition) is 1. The lowest BCUT2D eigenvalue weighted by molar-refractivity contribution is 0.229. The standard InChI is InChI=1S/C16H24FN/c1-12-6-7-14(17)10-13(12)11-15(18-3)16(2)8-4-5-9-16/h6-7,10,15,18H,4-5,8-9,11H2,1-3H3. The van der Waals surface area contributed by atoms with Gasteiger partial charge in [-0.3, -0.25) is 0 Å². The highest BCUT2D eigenvalue weighted by Crippen LogP contribution is 2.41. The summed E-state index contributed by atoms with van der Waals surface area (Å²) in [5, 5.41) is 3.46. The van der Waals surface area contributed by atoms with E-state index in [4.69, 9.17) is 0 Å². The minimum Gasteiger partial charge on any atom is -0.316 e. The Kier molecular flexibility index (Phi) is 4.06. The zero-order chi connectivity index (χ0) is 13.2. The predicted molar refractivity (Wildman–Crippen MR) is 74.3 cm³/mol. The van der Waals surface area contributed by atoms with Crippen LogP contribution in [0, 0.1) is 18.2 Å². The molecule has 2 rings (SSSR count). The van der Waals surface area contributed by atoms with E-state index < -0.39 is 0 Å². The van der Waals surface area contributed by atoms with Crippen molar-refractivity contribution in [1.29, 1.82) is 0 Å². The van der Waals surface area contributed by atoms with Gasteiger partial charge in [0.2, 0.25) is 0 Å². The fraction of sp³-hybridized carbons (Fsp3) is 0.625. The Balaban J connectivity index is 2.17. The van der Waals surface area contributed by atoms with Crippen LogP contribution in [0.15, 0.2) is 18.2 Å². The Labute approximate surface area is 110 Å². The molecular formula is C16H24FN. The maximum absolute atomic E-state index is 13.4. The molecule has 18 heavy (non-hydrogen) atoms. The molecule has 1 saturated carbocycles. The first kappa shape index (κ1) is 13.5. The lowest BCUT2D eigenvalue weighted by atomic mass is 9.77. The van der Waals surface area contributed by atoms with Crippen LogP contribution in [0.3, 0.4) is 0 Å². The molecule has 0 aliphatic heterocycles. The summed E-state index contributed by atoms with van der Waals surface area (Å²) in [6.45, 7) is 4.44. The SMILES string of the molecule is CNC(Cc1cc(F)ccc1C)C1(C)CCCC1. The minimum atomic E-state index is -0.123. The Morgan fingerprint density at radius 1 is 1.33 bits per heavy atom. The van der Waals surface area contributed by atoms with Gasteiger partial charge in [0.15, 0.2) is 0 Å². The third kappa shape index (κ3) is 2.74. The highest BCUT2D eigenvalue weighted by molar-refractivity contribution is 5.27. The van der Waals surface area contributed by atoms with Crippen LogP contribution in [0.2, 0.25) is 0 Å². The van der Waals surface area contributed by atoms with Crippen LogP contribution in [-0.2, 0) is 6.42 Å². The van der Waals surface area contributed by atoms with Crippen LogP contribution in [0.4, 0.5) is 4.39 Å². The van der Waals surface area contributed by atoms with E-state index in [2.05, 4.69) is 19.2 Å². The van der Waals surface area contributed by atoms with Crippen LogP contribution in [0.1, 0.15) is 43.7 Å². The molecule has 0 heterocycles. The van der Waals surface area contributed by atoms with Gasteiger partial charge in [-0.1, -0.05) is 25.8 Å². The topological polar surface area (TPSA) is 12.0 Å². The van der Waals surface area contributed by atoms with Gasteiger partial charge < -0.3 is 5.32 Å². The second kappa shape index (κ2) is 5.40. The fourth-order valence-electron chi connectivity index (χ4n) is 3.31. The predicted octanol–water partition coefficient (Wildman–Crippen LogP) is 3.84. The van der Waals surface area contributed by atoms with Crippen molar-refractivity contribution in [1.82, 2.24) is 5.32 Å². The minimum absolute atomic E-state index is 0.123. The Morgan fingerprint density at radius 2 is 2.00 bits per heavy atom. The molecule has 1 nitrogen and oxygen atoms in total. The lowest BCUT2D eigenvalue weighted by Gasteiger charge is -2.34. The molecule has 1 fully saturated rings. The first-order valence-corrected chi connectivity index (χ1v) is 6.97. The maximum atomic E-state index is 13.4. The largest absolute Gasteiger partial charge is 0.316 e. The molecule has 0 saturated heterocycles. The third-order valence-corrected chi connectivity index (χ3v) is 4.67. The van der Waals surface area contributed by atoms with Crippen molar-refractivity contribution in [2.24, 2.45) is 5.41 Å². The molecule has 2 heteroatoms. The van der Waals surface area contributed by atoms with E-state index in [9.17, 15) is 4.39 Å². The summed E-state index contributed by atoms with van der Waals surface area (Å²) in [4.78, 5) is 0. The van der Waals surface area contributed by atoms with Gasteiger partial charge in [0.1, 0.15) is 5.82 Å². The highest BCUT2D eigenvalue weighted by Gasteiger charge is 2.36. The molecule has 1 atom stereocenters. The van der Waals surface area contributed by atoms with Crippen molar-refractivity contribution >= 4 is 0 Å². The highest BCUT2D eigenvalue weighted by atomic mass is 19.1. The summed E-state index contributed by atoms with van der Waals surface area (Å²) >= 11 is 0. The van der Waals surface area contributed by atoms with Crippen LogP contribution >= 0.6 is 0 Å². The van der Waals surface area contributed by atoms with Gasteiger partial charge in [0, 0.05) is 6.04 Å². The first-order valence-electron chi connectivity index (χ1n) is 6.97. The van der Waals surface area contributed by atoms with Crippen molar-refractivity contribution in [2.45, 2.75) is 52.0 Å². The molecule has 0 amide bonds. The van der Waals surface area contributed by atoms with Crippen molar-refractivity contribution in [2.75, 3.05) is 7.05 Å². The van der Waals surface area contributed by atoms with E-state index in [0.29, 0.717) is 11.5 Å². The van der Waals surface area contributed by atoms with Gasteiger partial charge in [-0.2, -0.15) is 0 Å². The number of likely N-dealkylation sites (N-methyl/N-ethyl adjacent to an activating group) is 1. The molecule has 100 valence electrons. The molecule has 0 spiro atoms. The van der Waals surface area contributed by atoms with Gasteiger partial charge >= 0.3 is 0 Å². The normalized spacial score (nSPS) is 20.0. The van der Waals surface area contributed by atoms with Crippen molar-refractivity contribution in [3.63, 3.8) is 0 Å². The summed E-state index contributed by atoms with van der Waals surface area (Å²) < 4.78 is 13.4. The van der Waals surface area contributed by atoms with Gasteiger partial charge in [-0.05, 0) is 61.9 Å². The average Bonchev–Trinajstić information content (AvgIpc) is 2.78. The van der Waals surface area contributed by atoms with Crippen LogP contribution < -0.4 is 5.32 Å². The second-order valence-corrected chi connectivity index (χ2v) is 5.98. The van der Waals surface area contributed by atoms with Crippen LogP contribution in [0.25, 0.3) is 0 Å². The zero-order valence-corrected chi connectivity index (χ0v) is 11.7. The van der Waals surface area contributed by atoms with E-state index in [1.165, 1.54) is 31.2 Å². The molecule has 0 bridgehead atoms. The first-order chi connectivity index (χ1) is 8.55. The van der Waals surface area contributed by atoms with Crippen molar-refractivity contribution < 1.29 is 4.39 Å². The van der Waals surface area contributed by atoms with Crippen molar-refractivity contribution in [3.8, 4) is 0 Å². The Hall–Kier alpha value is -0.890. The lowest BCUT2D eigenvalue weighted by Crippen LogP contribution is -2.42. The van der Waals surface area contributed by atoms with Gasteiger partial charge in [0.05, 0.1) is 0 Å². The molecule has 0 radical (unpaired) electrons. The Morgan fingerprint density at radius 3 is 2.61 bits per heavy atom. The van der Waals surface area contributed by atoms with Gasteiger partial charge in [-0.15, -0.1) is 0 Å². The maximum Gasteiger partial charge on any atom is 0.123 e. The molecular weight excluding hydrogens is 225 g/mol. The average molecular weight is 249 g/mol. The number of nitrogens with one attached hydrogen (secondary N) is 1. The summed E-state index contributed by atoms with van der Waals surface area (Å²) in [5.41, 5.74) is 2.70. The molecule has 1 aliphatic rings. The second-order valence-electron chi connectivity index (χ2n) is 5.98. The number of hydrogen-bond donors (Lipinski definition) is 1. The number of benzene rings is 1. The fourth-order valence-corrected chi connectivity index (χ4v) is 3.31. The third-order valence-electron chi connectivity index (χ3n) is 4.67. The number of aryl methyl sites for hydroxylation is 1. The van der Waals surface area contributed by atoms with Crippen LogP contribution in [0.5, 0.6) is 0 Å². The summed E-state index contributed by atoms with van der Waals surface area (Å²) in [6.07, 6.45) is 6.16. The Bertz CT molecular complexity index is 408. The van der Waals surface area contributed by atoms with E-state index in [0.717, 1.165) is 12.0 Å². The van der Waals surface area contributed by atoms with E-state index in [1.807, 2.05) is 13.1 Å². The quantitative estimate of drug-likeness (QED) is 0.854. The van der Waals surface area contributed by atoms with Gasteiger partial charge in [0.25, 0.3) is 0 Å². The van der Waals surface area contributed by atoms with Crippen LogP contribution in [-0.4, -0.2) is 13.1 Å². The van der Waals surface area contributed by atoms with E-state index in [-0.39, 0.29) is 5.82 Å². The summed E-state index contributed by atoms with van der Waals surface area (Å²) in [6, 6.07) is 5.57. The summed E-state index contributed by atoms with van der Waals surface area (Å²) in [7, 11) is 2.03. The molecule has 0 aromatic heterocycles. The zero-order valence-electron chi connectivity index (χ0n) is 11.7.